The second kappa shape index (κ2) is 8.29. The molecule has 0 bridgehead atoms. The largest absolute Gasteiger partial charge is 0.348 e. The maximum atomic E-state index is 13.2. The molecule has 1 aliphatic heterocycles. The number of nitrogens with one attached hydrogen (secondary N) is 1. The lowest BCUT2D eigenvalue weighted by Crippen LogP contribution is -2.49. The Morgan fingerprint density at radius 1 is 1.15 bits per heavy atom. The van der Waals surface area contributed by atoms with E-state index in [1.54, 1.807) is 4.90 Å². The van der Waals surface area contributed by atoms with Crippen molar-refractivity contribution in [2.24, 2.45) is 0 Å². The first-order valence-corrected chi connectivity index (χ1v) is 9.59. The van der Waals surface area contributed by atoms with Crippen LogP contribution in [0.3, 0.4) is 0 Å². The van der Waals surface area contributed by atoms with E-state index in [4.69, 9.17) is 0 Å². The molecule has 0 saturated heterocycles. The number of fused-ring (bicyclic) bond motifs is 1. The van der Waals surface area contributed by atoms with Crippen molar-refractivity contribution < 1.29 is 9.59 Å². The van der Waals surface area contributed by atoms with Gasteiger partial charge in [0.2, 0.25) is 5.91 Å². The van der Waals surface area contributed by atoms with Crippen LogP contribution in [-0.4, -0.2) is 52.5 Å². The van der Waals surface area contributed by atoms with E-state index in [1.807, 2.05) is 24.8 Å². The SMILES string of the molecule is CCNC(=O)N(CC)CC(=O)N1CCn2cccc2C1c1ccc(C)cc1. The molecule has 2 aromatic rings. The van der Waals surface area contributed by atoms with E-state index < -0.39 is 0 Å². The molecule has 1 unspecified atom stereocenters. The molecule has 2 heterocycles. The van der Waals surface area contributed by atoms with Crippen molar-refractivity contribution in [3.8, 4) is 0 Å². The number of hydrogen-bond donors (Lipinski definition) is 1. The fourth-order valence-electron chi connectivity index (χ4n) is 3.60. The van der Waals surface area contributed by atoms with Crippen molar-refractivity contribution in [2.75, 3.05) is 26.2 Å². The molecule has 1 aromatic carbocycles. The fraction of sp³-hybridized carbons (Fsp3) is 0.429. The van der Waals surface area contributed by atoms with Gasteiger partial charge in [0.05, 0.1) is 6.04 Å². The summed E-state index contributed by atoms with van der Waals surface area (Å²) in [6, 6.07) is 12.1. The number of hydrogen-bond acceptors (Lipinski definition) is 2. The predicted octanol–water partition coefficient (Wildman–Crippen LogP) is 2.78. The van der Waals surface area contributed by atoms with Gasteiger partial charge in [-0.05, 0) is 38.5 Å². The van der Waals surface area contributed by atoms with Crippen LogP contribution in [-0.2, 0) is 11.3 Å². The number of aromatic nitrogens is 1. The lowest BCUT2D eigenvalue weighted by Gasteiger charge is -2.38. The minimum atomic E-state index is -0.194. The van der Waals surface area contributed by atoms with Crippen molar-refractivity contribution in [1.29, 1.82) is 0 Å². The minimum absolute atomic E-state index is 0.0267. The first kappa shape index (κ1) is 19.0. The van der Waals surface area contributed by atoms with Gasteiger partial charge in [-0.1, -0.05) is 29.8 Å². The molecule has 1 aliphatic rings. The van der Waals surface area contributed by atoms with E-state index in [0.717, 1.165) is 17.8 Å². The first-order chi connectivity index (χ1) is 13.0. The van der Waals surface area contributed by atoms with E-state index in [0.29, 0.717) is 19.6 Å². The number of likely N-dealkylation sites (N-methyl/N-ethyl adjacent to an activating group) is 1. The maximum absolute atomic E-state index is 13.2. The van der Waals surface area contributed by atoms with Gasteiger partial charge in [0.1, 0.15) is 6.54 Å². The normalized spacial score (nSPS) is 16.0. The van der Waals surface area contributed by atoms with E-state index in [2.05, 4.69) is 53.3 Å². The summed E-state index contributed by atoms with van der Waals surface area (Å²) in [5.41, 5.74) is 3.39. The highest BCUT2D eigenvalue weighted by Gasteiger charge is 2.33. The Hall–Kier alpha value is -2.76. The zero-order valence-electron chi connectivity index (χ0n) is 16.3. The number of nitrogens with zero attached hydrogens (tertiary/aromatic N) is 3. The number of benzene rings is 1. The molecular formula is C21H28N4O2. The maximum Gasteiger partial charge on any atom is 0.317 e. The smallest absolute Gasteiger partial charge is 0.317 e. The summed E-state index contributed by atoms with van der Waals surface area (Å²) < 4.78 is 2.20. The van der Waals surface area contributed by atoms with Crippen molar-refractivity contribution in [2.45, 2.75) is 33.4 Å². The Labute approximate surface area is 160 Å². The van der Waals surface area contributed by atoms with E-state index >= 15 is 0 Å². The van der Waals surface area contributed by atoms with Crippen LogP contribution >= 0.6 is 0 Å². The third kappa shape index (κ3) is 3.99. The zero-order chi connectivity index (χ0) is 19.4. The molecule has 0 aliphatic carbocycles. The van der Waals surface area contributed by atoms with Crippen LogP contribution in [0.25, 0.3) is 0 Å². The van der Waals surface area contributed by atoms with Crippen LogP contribution in [0, 0.1) is 6.92 Å². The van der Waals surface area contributed by atoms with Gasteiger partial charge in [-0.25, -0.2) is 4.79 Å². The Morgan fingerprint density at radius 2 is 1.89 bits per heavy atom. The van der Waals surface area contributed by atoms with Crippen LogP contribution in [0.15, 0.2) is 42.6 Å². The molecule has 0 spiro atoms. The summed E-state index contributed by atoms with van der Waals surface area (Å²) in [5, 5.41) is 2.78. The van der Waals surface area contributed by atoms with E-state index in [1.165, 1.54) is 5.56 Å². The summed E-state index contributed by atoms with van der Waals surface area (Å²) in [7, 11) is 0. The number of carbonyl (C=O) groups excluding carboxylic acids is 2. The van der Waals surface area contributed by atoms with Crippen LogP contribution < -0.4 is 5.32 Å². The molecule has 0 saturated carbocycles. The standard InChI is InChI=1S/C21H28N4O2/c1-4-22-21(27)23(5-2)15-19(26)25-14-13-24-12-6-7-18(24)20(25)17-10-8-16(3)9-11-17/h6-12,20H,4-5,13-15H2,1-3H3,(H,22,27). The van der Waals surface area contributed by atoms with Crippen LogP contribution in [0.2, 0.25) is 0 Å². The molecule has 0 radical (unpaired) electrons. The first-order valence-electron chi connectivity index (χ1n) is 9.59. The van der Waals surface area contributed by atoms with Gasteiger partial charge >= 0.3 is 6.03 Å². The third-order valence-corrected chi connectivity index (χ3v) is 5.07. The predicted molar refractivity (Wildman–Crippen MR) is 105 cm³/mol. The van der Waals surface area contributed by atoms with Crippen molar-refractivity contribution in [1.82, 2.24) is 19.7 Å². The van der Waals surface area contributed by atoms with Crippen LogP contribution in [0.1, 0.15) is 36.7 Å². The molecule has 0 fully saturated rings. The number of urea groups is 1. The minimum Gasteiger partial charge on any atom is -0.348 e. The molecular weight excluding hydrogens is 340 g/mol. The Morgan fingerprint density at radius 3 is 2.56 bits per heavy atom. The monoisotopic (exact) mass is 368 g/mol. The highest BCUT2D eigenvalue weighted by Crippen LogP contribution is 2.32. The van der Waals surface area contributed by atoms with Gasteiger partial charge in [0.15, 0.2) is 0 Å². The van der Waals surface area contributed by atoms with Crippen molar-refractivity contribution >= 4 is 11.9 Å². The highest BCUT2D eigenvalue weighted by molar-refractivity contribution is 5.84. The summed E-state index contributed by atoms with van der Waals surface area (Å²) >= 11 is 0. The summed E-state index contributed by atoms with van der Waals surface area (Å²) in [5.74, 6) is -0.0267. The van der Waals surface area contributed by atoms with Gasteiger partial charge < -0.3 is 19.7 Å². The average Bonchev–Trinajstić information content (AvgIpc) is 3.14. The number of rotatable bonds is 5. The number of amides is 3. The summed E-state index contributed by atoms with van der Waals surface area (Å²) in [6.07, 6.45) is 2.06. The summed E-state index contributed by atoms with van der Waals surface area (Å²) in [6.45, 7) is 8.35. The number of aryl methyl sites for hydroxylation is 1. The second-order valence-corrected chi connectivity index (χ2v) is 6.88. The molecule has 6 heteroatoms. The highest BCUT2D eigenvalue weighted by atomic mass is 16.2. The van der Waals surface area contributed by atoms with E-state index in [9.17, 15) is 9.59 Å². The molecule has 1 N–H and O–H groups in total. The van der Waals surface area contributed by atoms with Gasteiger partial charge in [0.25, 0.3) is 0 Å². The van der Waals surface area contributed by atoms with Gasteiger partial charge in [0, 0.05) is 38.1 Å². The second-order valence-electron chi connectivity index (χ2n) is 6.88. The Bertz CT molecular complexity index is 797. The molecule has 1 aromatic heterocycles. The Balaban J connectivity index is 1.87. The third-order valence-electron chi connectivity index (χ3n) is 5.07. The lowest BCUT2D eigenvalue weighted by molar-refractivity contribution is -0.134. The summed E-state index contributed by atoms with van der Waals surface area (Å²) in [4.78, 5) is 28.8. The molecule has 1 atom stereocenters. The van der Waals surface area contributed by atoms with Crippen molar-refractivity contribution in [3.63, 3.8) is 0 Å². The zero-order valence-corrected chi connectivity index (χ0v) is 16.3. The van der Waals surface area contributed by atoms with Crippen molar-refractivity contribution in [3.05, 3.63) is 59.4 Å². The molecule has 27 heavy (non-hydrogen) atoms. The van der Waals surface area contributed by atoms with Gasteiger partial charge in [-0.15, -0.1) is 0 Å². The molecule has 6 nitrogen and oxygen atoms in total. The Kier molecular flexibility index (Phi) is 5.84. The number of carbonyl (C=O) groups is 2. The topological polar surface area (TPSA) is 57.6 Å². The van der Waals surface area contributed by atoms with Crippen LogP contribution in [0.5, 0.6) is 0 Å². The quantitative estimate of drug-likeness (QED) is 0.882. The fourth-order valence-corrected chi connectivity index (χ4v) is 3.60. The molecule has 3 rings (SSSR count). The lowest BCUT2D eigenvalue weighted by atomic mass is 9.98. The van der Waals surface area contributed by atoms with Gasteiger partial charge in [-0.2, -0.15) is 0 Å². The molecule has 3 amide bonds. The van der Waals surface area contributed by atoms with E-state index in [-0.39, 0.29) is 24.5 Å². The van der Waals surface area contributed by atoms with Crippen LogP contribution in [0.4, 0.5) is 4.79 Å². The molecule has 144 valence electrons. The van der Waals surface area contributed by atoms with Gasteiger partial charge in [-0.3, -0.25) is 4.79 Å². The average molecular weight is 368 g/mol.